The Labute approximate surface area is 219 Å². The molecule has 6 nitrogen and oxygen atoms in total. The van der Waals surface area contributed by atoms with E-state index in [2.05, 4.69) is 11.9 Å². The molecule has 0 spiro atoms. The minimum atomic E-state index is -1.80. The van der Waals surface area contributed by atoms with Crippen LogP contribution in [0.15, 0.2) is 104 Å². The molecular weight excluding hydrogens is 485 g/mol. The SMILES string of the molecule is C=CCC(O)([PH2]=O)C(CCC(=O)NC(c1ccccc1)(c1ccccc1)c1ccccc1)C(=O)OCC. The molecule has 37 heavy (non-hydrogen) atoms. The molecule has 0 aliphatic carbocycles. The van der Waals surface area contributed by atoms with Gasteiger partial charge in [-0.15, -0.1) is 6.58 Å². The molecule has 3 unspecified atom stereocenters. The van der Waals surface area contributed by atoms with E-state index in [9.17, 15) is 19.3 Å². The predicted octanol–water partition coefficient (Wildman–Crippen LogP) is 5.08. The van der Waals surface area contributed by atoms with Crippen LogP contribution >= 0.6 is 8.46 Å². The fourth-order valence-corrected chi connectivity index (χ4v) is 5.38. The standard InChI is InChI=1S/C30H34NO5P/c1-3-22-29(34,37-35)26(28(33)36-4-2)20-21-27(32)31-30(23-14-8-5-9-15-23,24-16-10-6-11-17-24)25-18-12-7-13-19-25/h3,5-19,26,34H,1,4,20-22,37H2,2H3,(H,31,32). The summed E-state index contributed by atoms with van der Waals surface area (Å²) in [6.45, 7) is 5.38. The highest BCUT2D eigenvalue weighted by Crippen LogP contribution is 2.39. The van der Waals surface area contributed by atoms with Crippen LogP contribution < -0.4 is 5.32 Å². The van der Waals surface area contributed by atoms with Gasteiger partial charge in [-0.3, -0.25) is 9.59 Å². The molecule has 7 heteroatoms. The summed E-state index contributed by atoms with van der Waals surface area (Å²) in [6, 6.07) is 29.1. The van der Waals surface area contributed by atoms with E-state index in [1.165, 1.54) is 6.08 Å². The minimum Gasteiger partial charge on any atom is -0.466 e. The highest BCUT2D eigenvalue weighted by Gasteiger charge is 2.42. The number of benzene rings is 3. The lowest BCUT2D eigenvalue weighted by Gasteiger charge is -2.37. The molecule has 3 aromatic carbocycles. The number of aliphatic hydroxyl groups is 1. The number of ether oxygens (including phenoxy) is 1. The number of esters is 1. The Morgan fingerprint density at radius 2 is 1.41 bits per heavy atom. The maximum Gasteiger partial charge on any atom is 0.312 e. The molecule has 0 saturated heterocycles. The zero-order valence-electron chi connectivity index (χ0n) is 21.0. The Balaban J connectivity index is 2.01. The molecule has 2 N–H and O–H groups in total. The van der Waals surface area contributed by atoms with Crippen molar-refractivity contribution in [3.05, 3.63) is 120 Å². The average Bonchev–Trinajstić information content (AvgIpc) is 2.93. The molecule has 0 fully saturated rings. The number of carbonyl (C=O) groups excluding carboxylic acids is 2. The smallest absolute Gasteiger partial charge is 0.312 e. The second-order valence-electron chi connectivity index (χ2n) is 8.84. The quantitative estimate of drug-likeness (QED) is 0.142. The third-order valence-corrected chi connectivity index (χ3v) is 7.50. The molecule has 0 heterocycles. The number of hydrogen-bond donors (Lipinski definition) is 2. The Kier molecular flexibility index (Phi) is 10.0. The lowest BCUT2D eigenvalue weighted by atomic mass is 9.76. The largest absolute Gasteiger partial charge is 0.466 e. The van der Waals surface area contributed by atoms with Gasteiger partial charge in [0.15, 0.2) is 0 Å². The van der Waals surface area contributed by atoms with Crippen LogP contribution in [0, 0.1) is 5.92 Å². The van der Waals surface area contributed by atoms with Crippen molar-refractivity contribution < 1.29 is 24.0 Å². The zero-order chi connectivity index (χ0) is 26.7. The summed E-state index contributed by atoms with van der Waals surface area (Å²) in [5.74, 6) is -2.13. The third kappa shape index (κ3) is 6.46. The highest BCUT2D eigenvalue weighted by atomic mass is 31.1. The molecule has 3 atom stereocenters. The number of rotatable bonds is 13. The lowest BCUT2D eigenvalue weighted by molar-refractivity contribution is -0.154. The van der Waals surface area contributed by atoms with E-state index in [0.29, 0.717) is 0 Å². The Bertz CT molecular complexity index is 1090. The van der Waals surface area contributed by atoms with Crippen LogP contribution in [0.3, 0.4) is 0 Å². The lowest BCUT2D eigenvalue weighted by Crippen LogP contribution is -2.48. The van der Waals surface area contributed by atoms with Crippen molar-refractivity contribution in [2.75, 3.05) is 6.61 Å². The van der Waals surface area contributed by atoms with E-state index in [1.807, 2.05) is 91.0 Å². The summed E-state index contributed by atoms with van der Waals surface area (Å²) < 4.78 is 17.1. The summed E-state index contributed by atoms with van der Waals surface area (Å²) in [5.41, 5.74) is 1.61. The first kappa shape index (κ1) is 28.1. The Hall–Kier alpha value is -3.47. The molecule has 0 bridgehead atoms. The molecule has 0 saturated carbocycles. The van der Waals surface area contributed by atoms with Crippen molar-refractivity contribution in [3.63, 3.8) is 0 Å². The van der Waals surface area contributed by atoms with Gasteiger partial charge in [0.05, 0.1) is 21.0 Å². The molecule has 0 aromatic heterocycles. The van der Waals surface area contributed by atoms with Crippen LogP contribution in [0.4, 0.5) is 0 Å². The molecule has 194 valence electrons. The minimum absolute atomic E-state index is 0.0291. The summed E-state index contributed by atoms with van der Waals surface area (Å²) in [5, 5.41) is 12.4. The topological polar surface area (TPSA) is 92.7 Å². The van der Waals surface area contributed by atoms with Crippen molar-refractivity contribution in [3.8, 4) is 0 Å². The summed E-state index contributed by atoms with van der Waals surface area (Å²) >= 11 is 0. The van der Waals surface area contributed by atoms with Crippen LogP contribution in [-0.4, -0.2) is 28.9 Å². The van der Waals surface area contributed by atoms with Gasteiger partial charge in [0.1, 0.15) is 10.9 Å². The first-order chi connectivity index (χ1) is 17.9. The molecule has 1 amide bonds. The highest BCUT2D eigenvalue weighted by molar-refractivity contribution is 7.25. The van der Waals surface area contributed by atoms with Crippen LogP contribution in [0.1, 0.15) is 42.9 Å². The van der Waals surface area contributed by atoms with Gasteiger partial charge in [0, 0.05) is 12.8 Å². The van der Waals surface area contributed by atoms with Crippen molar-refractivity contribution in [1.29, 1.82) is 0 Å². The second-order valence-corrected chi connectivity index (χ2v) is 10.1. The van der Waals surface area contributed by atoms with Gasteiger partial charge in [-0.25, -0.2) is 0 Å². The Morgan fingerprint density at radius 1 is 0.946 bits per heavy atom. The number of hydrogen-bond acceptors (Lipinski definition) is 5. The summed E-state index contributed by atoms with van der Waals surface area (Å²) in [6.07, 6.45) is 1.26. The molecule has 0 aliphatic heterocycles. The van der Waals surface area contributed by atoms with Gasteiger partial charge in [-0.1, -0.05) is 97.1 Å². The van der Waals surface area contributed by atoms with Gasteiger partial charge >= 0.3 is 5.97 Å². The second kappa shape index (κ2) is 13.2. The first-order valence-corrected chi connectivity index (χ1v) is 13.4. The number of nitrogens with one attached hydrogen (secondary N) is 1. The van der Waals surface area contributed by atoms with E-state index in [1.54, 1.807) is 6.92 Å². The van der Waals surface area contributed by atoms with Gasteiger partial charge in [-0.2, -0.15) is 0 Å². The van der Waals surface area contributed by atoms with E-state index in [0.717, 1.165) is 16.7 Å². The van der Waals surface area contributed by atoms with Crippen LogP contribution in [0.2, 0.25) is 0 Å². The van der Waals surface area contributed by atoms with Gasteiger partial charge in [0.25, 0.3) is 0 Å². The fraction of sp³-hybridized carbons (Fsp3) is 0.267. The van der Waals surface area contributed by atoms with Crippen molar-refractivity contribution >= 4 is 20.3 Å². The Morgan fingerprint density at radius 3 is 1.78 bits per heavy atom. The average molecular weight is 520 g/mol. The monoisotopic (exact) mass is 519 g/mol. The number of carbonyl (C=O) groups is 2. The summed E-state index contributed by atoms with van der Waals surface area (Å²) in [7, 11) is -1.74. The molecule has 0 radical (unpaired) electrons. The molecular formula is C30H34NO5P. The van der Waals surface area contributed by atoms with Gasteiger partial charge in [0.2, 0.25) is 5.91 Å². The first-order valence-electron chi connectivity index (χ1n) is 12.3. The van der Waals surface area contributed by atoms with Crippen LogP contribution in [0.25, 0.3) is 0 Å². The van der Waals surface area contributed by atoms with Crippen molar-refractivity contribution in [2.45, 2.75) is 37.1 Å². The fourth-order valence-electron chi connectivity index (χ4n) is 4.65. The summed E-state index contributed by atoms with van der Waals surface area (Å²) in [4.78, 5) is 26.3. The molecule has 3 rings (SSSR count). The predicted molar refractivity (Wildman–Crippen MR) is 147 cm³/mol. The van der Waals surface area contributed by atoms with E-state index < -0.39 is 31.2 Å². The maximum absolute atomic E-state index is 13.6. The van der Waals surface area contributed by atoms with Crippen molar-refractivity contribution in [1.82, 2.24) is 5.32 Å². The zero-order valence-corrected chi connectivity index (χ0v) is 22.2. The van der Waals surface area contributed by atoms with Crippen molar-refractivity contribution in [2.24, 2.45) is 5.92 Å². The molecule has 3 aromatic rings. The van der Waals surface area contributed by atoms with Gasteiger partial charge in [-0.05, 0) is 30.0 Å². The normalized spacial score (nSPS) is 14.0. The number of amides is 1. The third-order valence-electron chi connectivity index (χ3n) is 6.46. The van der Waals surface area contributed by atoms with E-state index in [-0.39, 0.29) is 31.8 Å². The van der Waals surface area contributed by atoms with E-state index in [4.69, 9.17) is 4.74 Å². The van der Waals surface area contributed by atoms with E-state index >= 15 is 0 Å². The van der Waals surface area contributed by atoms with Crippen LogP contribution in [-0.2, 0) is 24.4 Å². The maximum atomic E-state index is 13.6. The van der Waals surface area contributed by atoms with Gasteiger partial charge < -0.3 is 19.7 Å². The van der Waals surface area contributed by atoms with Crippen LogP contribution in [0.5, 0.6) is 0 Å². The molecule has 0 aliphatic rings.